The first-order chi connectivity index (χ1) is 9.80. The molecule has 0 aliphatic rings. The SMILES string of the molecule is CCCCOCCC[C@@H](CC(=O)OC(C)(C)C)/C(Cl)=N/O. The summed E-state index contributed by atoms with van der Waals surface area (Å²) < 4.78 is 10.7. The third-order valence-electron chi connectivity index (χ3n) is 2.75. The van der Waals surface area contributed by atoms with E-state index in [9.17, 15) is 4.79 Å². The Balaban J connectivity index is 4.19. The monoisotopic (exact) mass is 321 g/mol. The molecule has 0 saturated heterocycles. The molecule has 0 aliphatic heterocycles. The van der Waals surface area contributed by atoms with Gasteiger partial charge in [0, 0.05) is 19.1 Å². The zero-order valence-corrected chi connectivity index (χ0v) is 14.3. The second kappa shape index (κ2) is 10.9. The highest BCUT2D eigenvalue weighted by Crippen LogP contribution is 2.19. The minimum Gasteiger partial charge on any atom is -0.460 e. The summed E-state index contributed by atoms with van der Waals surface area (Å²) in [6.45, 7) is 8.89. The van der Waals surface area contributed by atoms with Crippen LogP contribution in [0.15, 0.2) is 5.16 Å². The smallest absolute Gasteiger partial charge is 0.307 e. The van der Waals surface area contributed by atoms with Crippen molar-refractivity contribution in [2.24, 2.45) is 11.1 Å². The summed E-state index contributed by atoms with van der Waals surface area (Å²) in [5, 5.41) is 11.8. The van der Waals surface area contributed by atoms with Gasteiger partial charge in [0.15, 0.2) is 0 Å². The van der Waals surface area contributed by atoms with Gasteiger partial charge in [-0.25, -0.2) is 0 Å². The maximum Gasteiger partial charge on any atom is 0.307 e. The topological polar surface area (TPSA) is 68.1 Å². The lowest BCUT2D eigenvalue weighted by molar-refractivity contribution is -0.155. The van der Waals surface area contributed by atoms with E-state index in [1.807, 2.05) is 20.8 Å². The minimum absolute atomic E-state index is 0.0365. The van der Waals surface area contributed by atoms with Crippen molar-refractivity contribution in [1.82, 2.24) is 0 Å². The van der Waals surface area contributed by atoms with E-state index in [0.717, 1.165) is 25.9 Å². The van der Waals surface area contributed by atoms with Crippen LogP contribution in [0.5, 0.6) is 0 Å². The first kappa shape index (κ1) is 20.2. The summed E-state index contributed by atoms with van der Waals surface area (Å²) in [4.78, 5) is 11.8. The molecule has 1 N–H and O–H groups in total. The highest BCUT2D eigenvalue weighted by atomic mass is 35.5. The van der Waals surface area contributed by atoms with E-state index in [4.69, 9.17) is 26.3 Å². The predicted octanol–water partition coefficient (Wildman–Crippen LogP) is 3.96. The number of hydrogen-bond acceptors (Lipinski definition) is 5. The fourth-order valence-corrected chi connectivity index (χ4v) is 1.94. The van der Waals surface area contributed by atoms with E-state index in [0.29, 0.717) is 13.0 Å². The standard InChI is InChI=1S/C15H28ClNO4/c1-5-6-9-20-10-7-8-12(14(16)17-19)11-13(18)21-15(2,3)4/h12,19H,5-11H2,1-4H3/b17-14-/t12-/m0/s1. The molecule has 0 fully saturated rings. The molecule has 0 aromatic carbocycles. The average molecular weight is 322 g/mol. The van der Waals surface area contributed by atoms with E-state index in [1.54, 1.807) is 0 Å². The molecule has 0 spiro atoms. The van der Waals surface area contributed by atoms with Crippen LogP contribution >= 0.6 is 11.6 Å². The zero-order chi connectivity index (χ0) is 16.3. The Labute approximate surface area is 132 Å². The van der Waals surface area contributed by atoms with Crippen LogP contribution in [0, 0.1) is 5.92 Å². The molecule has 0 aromatic heterocycles. The number of carbonyl (C=O) groups excluding carboxylic acids is 1. The molecule has 21 heavy (non-hydrogen) atoms. The van der Waals surface area contributed by atoms with E-state index in [-0.39, 0.29) is 23.5 Å². The van der Waals surface area contributed by atoms with Gasteiger partial charge < -0.3 is 14.7 Å². The Morgan fingerprint density at radius 2 is 1.90 bits per heavy atom. The quantitative estimate of drug-likeness (QED) is 0.217. The van der Waals surface area contributed by atoms with Gasteiger partial charge in [-0.1, -0.05) is 30.1 Å². The zero-order valence-electron chi connectivity index (χ0n) is 13.5. The van der Waals surface area contributed by atoms with Crippen molar-refractivity contribution < 1.29 is 19.5 Å². The Morgan fingerprint density at radius 1 is 1.29 bits per heavy atom. The van der Waals surface area contributed by atoms with Gasteiger partial charge in [-0.3, -0.25) is 4.79 Å². The summed E-state index contributed by atoms with van der Waals surface area (Å²) >= 11 is 5.86. The van der Waals surface area contributed by atoms with Crippen LogP contribution < -0.4 is 0 Å². The van der Waals surface area contributed by atoms with Crippen molar-refractivity contribution >= 4 is 22.7 Å². The molecule has 0 heterocycles. The lowest BCUT2D eigenvalue weighted by atomic mass is 10.0. The van der Waals surface area contributed by atoms with Crippen molar-refractivity contribution in [3.05, 3.63) is 0 Å². The summed E-state index contributed by atoms with van der Waals surface area (Å²) in [5.41, 5.74) is -0.534. The number of unbranched alkanes of at least 4 members (excludes halogenated alkanes) is 1. The average Bonchev–Trinajstić information content (AvgIpc) is 2.38. The van der Waals surface area contributed by atoms with E-state index >= 15 is 0 Å². The maximum atomic E-state index is 11.8. The van der Waals surface area contributed by atoms with Gasteiger partial charge in [-0.05, 0) is 40.0 Å². The highest BCUT2D eigenvalue weighted by molar-refractivity contribution is 6.65. The largest absolute Gasteiger partial charge is 0.460 e. The molecule has 0 radical (unpaired) electrons. The van der Waals surface area contributed by atoms with Gasteiger partial charge in [0.25, 0.3) is 0 Å². The summed E-state index contributed by atoms with van der Waals surface area (Å²) in [6, 6.07) is 0. The number of nitrogens with zero attached hydrogens (tertiary/aromatic N) is 1. The van der Waals surface area contributed by atoms with Crippen molar-refractivity contribution in [3.63, 3.8) is 0 Å². The van der Waals surface area contributed by atoms with Gasteiger partial charge in [0.05, 0.1) is 6.42 Å². The Kier molecular flexibility index (Phi) is 10.4. The Bertz CT molecular complexity index is 326. The number of hydrogen-bond donors (Lipinski definition) is 1. The lowest BCUT2D eigenvalue weighted by Crippen LogP contribution is -2.26. The Hall–Kier alpha value is -0.810. The van der Waals surface area contributed by atoms with Crippen molar-refractivity contribution in [3.8, 4) is 0 Å². The molecule has 5 nitrogen and oxygen atoms in total. The van der Waals surface area contributed by atoms with Gasteiger partial charge in [-0.2, -0.15) is 0 Å². The molecule has 0 amide bonds. The van der Waals surface area contributed by atoms with Crippen LogP contribution in [-0.4, -0.2) is 35.2 Å². The van der Waals surface area contributed by atoms with Crippen LogP contribution in [0.3, 0.4) is 0 Å². The number of halogens is 1. The van der Waals surface area contributed by atoms with Gasteiger partial charge in [0.2, 0.25) is 0 Å². The van der Waals surface area contributed by atoms with Gasteiger partial charge in [0.1, 0.15) is 10.8 Å². The number of ether oxygens (including phenoxy) is 2. The Morgan fingerprint density at radius 3 is 2.43 bits per heavy atom. The number of esters is 1. The third-order valence-corrected chi connectivity index (χ3v) is 3.13. The summed E-state index contributed by atoms with van der Waals surface area (Å²) in [6.07, 6.45) is 3.62. The highest BCUT2D eigenvalue weighted by Gasteiger charge is 2.23. The molecule has 0 unspecified atom stereocenters. The summed E-state index contributed by atoms with van der Waals surface area (Å²) in [7, 11) is 0. The molecule has 6 heteroatoms. The first-order valence-electron chi connectivity index (χ1n) is 7.47. The molecule has 1 atom stereocenters. The number of oxime groups is 1. The maximum absolute atomic E-state index is 11.8. The fraction of sp³-hybridized carbons (Fsp3) is 0.867. The number of rotatable bonds is 10. The normalized spacial score (nSPS) is 14.0. The van der Waals surface area contributed by atoms with Crippen molar-refractivity contribution in [1.29, 1.82) is 0 Å². The van der Waals surface area contributed by atoms with Crippen molar-refractivity contribution in [2.45, 2.75) is 65.4 Å². The van der Waals surface area contributed by atoms with Crippen LogP contribution in [0.25, 0.3) is 0 Å². The molecular formula is C15H28ClNO4. The van der Waals surface area contributed by atoms with E-state index < -0.39 is 5.60 Å². The van der Waals surface area contributed by atoms with Crippen molar-refractivity contribution in [2.75, 3.05) is 13.2 Å². The first-order valence-corrected chi connectivity index (χ1v) is 7.85. The van der Waals surface area contributed by atoms with Crippen LogP contribution in [0.1, 0.15) is 59.8 Å². The molecule has 0 bridgehead atoms. The van der Waals surface area contributed by atoms with Gasteiger partial charge >= 0.3 is 5.97 Å². The summed E-state index contributed by atoms with van der Waals surface area (Å²) in [5.74, 6) is -0.678. The minimum atomic E-state index is -0.534. The molecule has 0 saturated carbocycles. The third kappa shape index (κ3) is 11.5. The van der Waals surface area contributed by atoms with Crippen LogP contribution in [0.4, 0.5) is 0 Å². The van der Waals surface area contributed by atoms with Crippen LogP contribution in [-0.2, 0) is 14.3 Å². The molecule has 0 aromatic rings. The second-order valence-corrected chi connectivity index (χ2v) is 6.41. The fourth-order valence-electron chi connectivity index (χ4n) is 1.75. The lowest BCUT2D eigenvalue weighted by Gasteiger charge is -2.21. The molecule has 0 aliphatic carbocycles. The number of carbonyl (C=O) groups is 1. The molecule has 0 rings (SSSR count). The van der Waals surface area contributed by atoms with Crippen LogP contribution in [0.2, 0.25) is 0 Å². The molecular weight excluding hydrogens is 294 g/mol. The van der Waals surface area contributed by atoms with Gasteiger partial charge in [-0.15, -0.1) is 0 Å². The van der Waals surface area contributed by atoms with E-state index in [2.05, 4.69) is 12.1 Å². The predicted molar refractivity (Wildman–Crippen MR) is 84.0 cm³/mol. The second-order valence-electron chi connectivity index (χ2n) is 6.02. The van der Waals surface area contributed by atoms with E-state index in [1.165, 1.54) is 0 Å². The molecule has 124 valence electrons.